The van der Waals surface area contributed by atoms with Crippen molar-refractivity contribution in [1.29, 1.82) is 0 Å². The Morgan fingerprint density at radius 1 is 1.27 bits per heavy atom. The number of carbonyl (C=O) groups excluding carboxylic acids is 1. The molecule has 0 fully saturated rings. The third-order valence-electron chi connectivity index (χ3n) is 4.32. The van der Waals surface area contributed by atoms with Crippen LogP contribution in [0.1, 0.15) is 38.3 Å². The minimum atomic E-state index is -0.656. The van der Waals surface area contributed by atoms with Crippen molar-refractivity contribution in [3.63, 3.8) is 0 Å². The lowest BCUT2D eigenvalue weighted by Gasteiger charge is -2.16. The number of hydrogen-bond donors (Lipinski definition) is 0. The molecule has 0 bridgehead atoms. The second kappa shape index (κ2) is 7.83. The van der Waals surface area contributed by atoms with Gasteiger partial charge < -0.3 is 4.74 Å². The molecule has 5 nitrogen and oxygen atoms in total. The highest BCUT2D eigenvalue weighted by Gasteiger charge is 2.23. The lowest BCUT2D eigenvalue weighted by Crippen LogP contribution is -2.31. The lowest BCUT2D eigenvalue weighted by atomic mass is 10.0. The maximum Gasteiger partial charge on any atom is 0.329 e. The molecule has 0 saturated carbocycles. The number of benzene rings is 1. The summed E-state index contributed by atoms with van der Waals surface area (Å²) in [7, 11) is 0. The summed E-state index contributed by atoms with van der Waals surface area (Å²) < 4.78 is 6.66. The van der Waals surface area contributed by atoms with Crippen LogP contribution < -0.4 is 5.56 Å². The maximum atomic E-state index is 13.2. The summed E-state index contributed by atoms with van der Waals surface area (Å²) in [4.78, 5) is 30.6. The van der Waals surface area contributed by atoms with Crippen molar-refractivity contribution >= 4 is 27.5 Å². The Kier molecular flexibility index (Phi) is 5.52. The normalized spacial score (nSPS) is 12.3. The van der Waals surface area contributed by atoms with Crippen molar-refractivity contribution in [2.75, 3.05) is 6.61 Å². The highest BCUT2D eigenvalue weighted by atomic mass is 32.1. The molecule has 0 radical (unpaired) electrons. The van der Waals surface area contributed by atoms with Gasteiger partial charge in [0.05, 0.1) is 18.3 Å². The van der Waals surface area contributed by atoms with E-state index in [-0.39, 0.29) is 11.5 Å². The summed E-state index contributed by atoms with van der Waals surface area (Å²) in [6, 6.07) is 7.38. The molecular formula is C20H22N2O3S. The molecule has 0 saturated heterocycles. The molecule has 0 aliphatic carbocycles. The van der Waals surface area contributed by atoms with Crippen LogP contribution in [0.25, 0.3) is 21.3 Å². The molecule has 1 atom stereocenters. The standard InChI is InChI=1S/C20H22N2O3S/c1-4-10-25-20(24)16(5-2)22-12-21-18-17(19(22)23)15(11-26-18)14-8-6-13(3)7-9-14/h6-9,11-12,16H,4-5,10H2,1-3H3. The minimum Gasteiger partial charge on any atom is -0.464 e. The smallest absolute Gasteiger partial charge is 0.329 e. The van der Waals surface area contributed by atoms with Crippen LogP contribution in [0.5, 0.6) is 0 Å². The molecule has 1 aromatic carbocycles. The molecule has 2 aromatic heterocycles. The first-order valence-corrected chi connectivity index (χ1v) is 9.66. The predicted octanol–water partition coefficient (Wildman–Crippen LogP) is 4.34. The van der Waals surface area contributed by atoms with Crippen LogP contribution in [0.2, 0.25) is 0 Å². The molecule has 3 rings (SSSR count). The van der Waals surface area contributed by atoms with Crippen molar-refractivity contribution in [2.24, 2.45) is 0 Å². The first-order chi connectivity index (χ1) is 12.6. The van der Waals surface area contributed by atoms with Crippen LogP contribution in [0, 0.1) is 6.92 Å². The Bertz CT molecular complexity index is 973. The van der Waals surface area contributed by atoms with Gasteiger partial charge in [-0.25, -0.2) is 9.78 Å². The number of aryl methyl sites for hydroxylation is 1. The molecule has 0 N–H and O–H groups in total. The highest BCUT2D eigenvalue weighted by Crippen LogP contribution is 2.31. The van der Waals surface area contributed by atoms with E-state index in [0.29, 0.717) is 23.2 Å². The number of hydrogen-bond acceptors (Lipinski definition) is 5. The summed E-state index contributed by atoms with van der Waals surface area (Å²) in [5.41, 5.74) is 2.79. The average Bonchev–Trinajstić information content (AvgIpc) is 3.08. The van der Waals surface area contributed by atoms with Crippen LogP contribution in [-0.4, -0.2) is 22.1 Å². The minimum absolute atomic E-state index is 0.202. The van der Waals surface area contributed by atoms with Gasteiger partial charge in [-0.3, -0.25) is 9.36 Å². The summed E-state index contributed by atoms with van der Waals surface area (Å²) in [6.45, 7) is 6.18. The van der Waals surface area contributed by atoms with Gasteiger partial charge in [-0.05, 0) is 25.3 Å². The lowest BCUT2D eigenvalue weighted by molar-refractivity contribution is -0.147. The first kappa shape index (κ1) is 18.3. The maximum absolute atomic E-state index is 13.2. The molecule has 0 aliphatic heterocycles. The fraction of sp³-hybridized carbons (Fsp3) is 0.350. The fourth-order valence-corrected chi connectivity index (χ4v) is 3.80. The van der Waals surface area contributed by atoms with Crippen molar-refractivity contribution in [3.8, 4) is 11.1 Å². The molecule has 2 heterocycles. The van der Waals surface area contributed by atoms with E-state index in [1.165, 1.54) is 22.2 Å². The van der Waals surface area contributed by atoms with E-state index in [1.807, 2.05) is 50.4 Å². The Morgan fingerprint density at radius 2 is 2.00 bits per heavy atom. The van der Waals surface area contributed by atoms with E-state index in [4.69, 9.17) is 4.74 Å². The number of ether oxygens (including phenoxy) is 1. The molecular weight excluding hydrogens is 348 g/mol. The Hall–Kier alpha value is -2.47. The fourth-order valence-electron chi connectivity index (χ4n) is 2.89. The largest absolute Gasteiger partial charge is 0.464 e. The zero-order chi connectivity index (χ0) is 18.7. The van der Waals surface area contributed by atoms with E-state index in [9.17, 15) is 9.59 Å². The van der Waals surface area contributed by atoms with Crippen molar-refractivity contribution in [3.05, 3.63) is 51.9 Å². The molecule has 0 aliphatic rings. The molecule has 0 amide bonds. The van der Waals surface area contributed by atoms with E-state index < -0.39 is 6.04 Å². The Morgan fingerprint density at radius 3 is 2.65 bits per heavy atom. The topological polar surface area (TPSA) is 61.2 Å². The van der Waals surface area contributed by atoms with Gasteiger partial charge in [-0.1, -0.05) is 43.7 Å². The summed E-state index contributed by atoms with van der Waals surface area (Å²) in [5.74, 6) is -0.385. The van der Waals surface area contributed by atoms with Gasteiger partial charge in [-0.15, -0.1) is 11.3 Å². The van der Waals surface area contributed by atoms with Gasteiger partial charge >= 0.3 is 5.97 Å². The number of fused-ring (bicyclic) bond motifs is 1. The van der Waals surface area contributed by atoms with E-state index >= 15 is 0 Å². The van der Waals surface area contributed by atoms with Gasteiger partial charge in [-0.2, -0.15) is 0 Å². The number of thiophene rings is 1. The van der Waals surface area contributed by atoms with Gasteiger partial charge in [0, 0.05) is 10.9 Å². The second-order valence-corrected chi connectivity index (χ2v) is 7.10. The van der Waals surface area contributed by atoms with Crippen LogP contribution >= 0.6 is 11.3 Å². The number of esters is 1. The van der Waals surface area contributed by atoms with Crippen LogP contribution in [0.4, 0.5) is 0 Å². The molecule has 1 unspecified atom stereocenters. The van der Waals surface area contributed by atoms with Gasteiger partial charge in [0.15, 0.2) is 0 Å². The summed E-state index contributed by atoms with van der Waals surface area (Å²) in [6.07, 6.45) is 2.68. The predicted molar refractivity (Wildman–Crippen MR) is 105 cm³/mol. The Balaban J connectivity index is 2.10. The van der Waals surface area contributed by atoms with Gasteiger partial charge in [0.25, 0.3) is 5.56 Å². The quantitative estimate of drug-likeness (QED) is 0.606. The van der Waals surface area contributed by atoms with E-state index in [0.717, 1.165) is 23.1 Å². The molecule has 6 heteroatoms. The second-order valence-electron chi connectivity index (χ2n) is 6.24. The van der Waals surface area contributed by atoms with Crippen molar-refractivity contribution < 1.29 is 9.53 Å². The number of carbonyl (C=O) groups is 1. The SMILES string of the molecule is CCCOC(=O)C(CC)n1cnc2scc(-c3ccc(C)cc3)c2c1=O. The monoisotopic (exact) mass is 370 g/mol. The Labute approximate surface area is 156 Å². The van der Waals surface area contributed by atoms with Crippen LogP contribution in [-0.2, 0) is 9.53 Å². The van der Waals surface area contributed by atoms with Gasteiger partial charge in [0.2, 0.25) is 0 Å². The highest BCUT2D eigenvalue weighted by molar-refractivity contribution is 7.17. The summed E-state index contributed by atoms with van der Waals surface area (Å²) in [5, 5.41) is 2.51. The third-order valence-corrected chi connectivity index (χ3v) is 5.21. The third kappa shape index (κ3) is 3.42. The number of rotatable bonds is 6. The number of nitrogens with zero attached hydrogens (tertiary/aromatic N) is 2. The van der Waals surface area contributed by atoms with Crippen molar-refractivity contribution in [2.45, 2.75) is 39.7 Å². The first-order valence-electron chi connectivity index (χ1n) is 8.78. The van der Waals surface area contributed by atoms with Crippen LogP contribution in [0.15, 0.2) is 40.8 Å². The zero-order valence-corrected chi connectivity index (χ0v) is 16.0. The zero-order valence-electron chi connectivity index (χ0n) is 15.2. The average molecular weight is 370 g/mol. The molecule has 3 aromatic rings. The molecule has 136 valence electrons. The van der Waals surface area contributed by atoms with Gasteiger partial charge in [0.1, 0.15) is 10.9 Å². The van der Waals surface area contributed by atoms with E-state index in [2.05, 4.69) is 4.98 Å². The van der Waals surface area contributed by atoms with E-state index in [1.54, 1.807) is 0 Å². The molecule has 0 spiro atoms. The van der Waals surface area contributed by atoms with Crippen LogP contribution in [0.3, 0.4) is 0 Å². The number of aromatic nitrogens is 2. The van der Waals surface area contributed by atoms with Crippen molar-refractivity contribution in [1.82, 2.24) is 9.55 Å². The summed E-state index contributed by atoms with van der Waals surface area (Å²) >= 11 is 1.44. The molecule has 26 heavy (non-hydrogen) atoms.